The summed E-state index contributed by atoms with van der Waals surface area (Å²) in [5, 5.41) is 0.100. The first-order valence-electron chi connectivity index (χ1n) is 8.72. The fourth-order valence-corrected chi connectivity index (χ4v) is 5.51. The van der Waals surface area contributed by atoms with Gasteiger partial charge in [-0.25, -0.2) is 8.42 Å². The fraction of sp³-hybridized carbons (Fsp3) is 0.333. The van der Waals surface area contributed by atoms with Crippen molar-refractivity contribution in [3.05, 3.63) is 52.4 Å². The molecule has 0 unspecified atom stereocenters. The highest BCUT2D eigenvalue weighted by molar-refractivity contribution is 7.89. The number of rotatable bonds is 5. The highest BCUT2D eigenvalue weighted by Crippen LogP contribution is 2.31. The number of carbonyl (C=O) groups is 2. The highest BCUT2D eigenvalue weighted by Gasteiger charge is 2.33. The Labute approximate surface area is 178 Å². The van der Waals surface area contributed by atoms with Gasteiger partial charge in [0.2, 0.25) is 15.9 Å². The van der Waals surface area contributed by atoms with Crippen LogP contribution in [0.25, 0.3) is 0 Å². The summed E-state index contributed by atoms with van der Waals surface area (Å²) in [4.78, 5) is 27.3. The number of carbonyl (C=O) groups excluding carboxylic acids is 2. The van der Waals surface area contributed by atoms with Crippen LogP contribution in [0.5, 0.6) is 0 Å². The second-order valence-corrected chi connectivity index (χ2v) is 9.16. The molecule has 2 amide bonds. The standard InChI is InChI=1S/C18H19Cl2N3O5S/c1-21(18(25)15-6-3-11-28-15)12-16(24)22-7-9-23(10-8-22)29(26,27)17-13(19)4-2-5-14(17)20/h2-6,11H,7-10,12H2,1H3. The van der Waals surface area contributed by atoms with E-state index < -0.39 is 15.9 Å². The summed E-state index contributed by atoms with van der Waals surface area (Å²) in [6.45, 7) is 0.464. The number of furan rings is 1. The quantitative estimate of drug-likeness (QED) is 0.683. The predicted molar refractivity (Wildman–Crippen MR) is 107 cm³/mol. The Bertz CT molecular complexity index is 982. The van der Waals surface area contributed by atoms with Crippen molar-refractivity contribution in [2.24, 2.45) is 0 Å². The molecule has 8 nitrogen and oxygen atoms in total. The molecule has 0 radical (unpaired) electrons. The van der Waals surface area contributed by atoms with Gasteiger partial charge in [0.25, 0.3) is 5.91 Å². The third kappa shape index (κ3) is 4.58. The summed E-state index contributed by atoms with van der Waals surface area (Å²) in [6, 6.07) is 7.61. The van der Waals surface area contributed by atoms with Crippen LogP contribution in [0.1, 0.15) is 10.6 Å². The molecule has 1 aliphatic heterocycles. The summed E-state index contributed by atoms with van der Waals surface area (Å²) in [5.41, 5.74) is 0. The van der Waals surface area contributed by atoms with E-state index in [-0.39, 0.29) is 59.3 Å². The van der Waals surface area contributed by atoms with Crippen LogP contribution < -0.4 is 0 Å². The SMILES string of the molecule is CN(CC(=O)N1CCN(S(=O)(=O)c2c(Cl)cccc2Cl)CC1)C(=O)c1ccco1. The number of halogens is 2. The maximum absolute atomic E-state index is 12.9. The van der Waals surface area contributed by atoms with E-state index in [0.29, 0.717) is 0 Å². The maximum Gasteiger partial charge on any atom is 0.289 e. The van der Waals surface area contributed by atoms with Gasteiger partial charge in [0, 0.05) is 33.2 Å². The Balaban J connectivity index is 1.61. The average Bonchev–Trinajstić information content (AvgIpc) is 3.21. The highest BCUT2D eigenvalue weighted by atomic mass is 35.5. The molecule has 11 heteroatoms. The predicted octanol–water partition coefficient (Wildman–Crippen LogP) is 2.19. The van der Waals surface area contributed by atoms with Crippen molar-refractivity contribution >= 4 is 45.0 Å². The van der Waals surface area contributed by atoms with Gasteiger partial charge >= 0.3 is 0 Å². The van der Waals surface area contributed by atoms with E-state index in [0.717, 1.165) is 0 Å². The number of likely N-dealkylation sites (N-methyl/N-ethyl adjacent to an activating group) is 1. The molecule has 1 aliphatic rings. The fourth-order valence-electron chi connectivity index (χ4n) is 3.00. The number of sulfonamides is 1. The van der Waals surface area contributed by atoms with E-state index in [2.05, 4.69) is 0 Å². The molecule has 2 heterocycles. The second kappa shape index (κ2) is 8.74. The van der Waals surface area contributed by atoms with Gasteiger partial charge < -0.3 is 14.2 Å². The number of piperazine rings is 1. The molecular formula is C18H19Cl2N3O5S. The topological polar surface area (TPSA) is 91.1 Å². The Kier molecular flexibility index (Phi) is 6.52. The van der Waals surface area contributed by atoms with Crippen molar-refractivity contribution in [1.29, 1.82) is 0 Å². The van der Waals surface area contributed by atoms with Crippen LogP contribution in [0.15, 0.2) is 45.9 Å². The lowest BCUT2D eigenvalue weighted by molar-refractivity contribution is -0.132. The maximum atomic E-state index is 12.9. The lowest BCUT2D eigenvalue weighted by atomic mass is 10.3. The summed E-state index contributed by atoms with van der Waals surface area (Å²) in [5.74, 6) is -0.536. The number of hydrogen-bond donors (Lipinski definition) is 0. The van der Waals surface area contributed by atoms with Crippen LogP contribution in [0.2, 0.25) is 10.0 Å². The monoisotopic (exact) mass is 459 g/mol. The van der Waals surface area contributed by atoms with Gasteiger partial charge in [0.15, 0.2) is 5.76 Å². The van der Waals surface area contributed by atoms with Crippen molar-refractivity contribution in [2.45, 2.75) is 4.90 Å². The molecule has 0 spiro atoms. The van der Waals surface area contributed by atoms with Gasteiger partial charge in [0.1, 0.15) is 4.90 Å². The number of hydrogen-bond acceptors (Lipinski definition) is 5. The van der Waals surface area contributed by atoms with E-state index in [4.69, 9.17) is 27.6 Å². The van der Waals surface area contributed by atoms with Gasteiger partial charge in [-0.1, -0.05) is 29.3 Å². The zero-order valence-corrected chi connectivity index (χ0v) is 17.9. The second-order valence-electron chi connectivity index (χ2n) is 6.47. The Morgan fingerprint density at radius 1 is 1.07 bits per heavy atom. The first-order valence-corrected chi connectivity index (χ1v) is 10.9. The third-order valence-corrected chi connectivity index (χ3v) is 7.41. The van der Waals surface area contributed by atoms with Gasteiger partial charge in [0.05, 0.1) is 22.9 Å². The van der Waals surface area contributed by atoms with Crippen LogP contribution in [-0.2, 0) is 14.8 Å². The van der Waals surface area contributed by atoms with Crippen molar-refractivity contribution in [3.8, 4) is 0 Å². The lowest BCUT2D eigenvalue weighted by Crippen LogP contribution is -2.52. The summed E-state index contributed by atoms with van der Waals surface area (Å²) >= 11 is 12.1. The molecule has 3 rings (SSSR count). The summed E-state index contributed by atoms with van der Waals surface area (Å²) in [7, 11) is -2.38. The molecule has 2 aromatic rings. The zero-order chi connectivity index (χ0) is 21.2. The Morgan fingerprint density at radius 3 is 2.24 bits per heavy atom. The molecule has 0 bridgehead atoms. The zero-order valence-electron chi connectivity index (χ0n) is 15.5. The normalized spacial score (nSPS) is 15.3. The first kappa shape index (κ1) is 21.6. The molecule has 0 aliphatic carbocycles. The lowest BCUT2D eigenvalue weighted by Gasteiger charge is -2.35. The Morgan fingerprint density at radius 2 is 1.69 bits per heavy atom. The van der Waals surface area contributed by atoms with Crippen molar-refractivity contribution in [1.82, 2.24) is 14.1 Å². The van der Waals surface area contributed by atoms with E-state index in [1.54, 1.807) is 12.1 Å². The Hall–Kier alpha value is -2.07. The molecule has 0 saturated carbocycles. The third-order valence-electron chi connectivity index (χ3n) is 4.56. The van der Waals surface area contributed by atoms with E-state index in [1.165, 1.54) is 45.6 Å². The van der Waals surface area contributed by atoms with E-state index in [1.807, 2.05) is 0 Å². The number of nitrogens with zero attached hydrogens (tertiary/aromatic N) is 3. The number of benzene rings is 1. The van der Waals surface area contributed by atoms with Crippen LogP contribution in [0.3, 0.4) is 0 Å². The molecule has 1 aromatic heterocycles. The van der Waals surface area contributed by atoms with Crippen LogP contribution in [-0.4, -0.2) is 74.1 Å². The van der Waals surface area contributed by atoms with Gasteiger partial charge in [-0.15, -0.1) is 0 Å². The van der Waals surface area contributed by atoms with E-state index >= 15 is 0 Å². The minimum atomic E-state index is -3.88. The average molecular weight is 460 g/mol. The molecule has 0 atom stereocenters. The van der Waals surface area contributed by atoms with Crippen LogP contribution in [0, 0.1) is 0 Å². The van der Waals surface area contributed by atoms with Gasteiger partial charge in [-0.2, -0.15) is 4.31 Å². The van der Waals surface area contributed by atoms with E-state index in [9.17, 15) is 18.0 Å². The molecule has 156 valence electrons. The van der Waals surface area contributed by atoms with Gasteiger partial charge in [-0.3, -0.25) is 9.59 Å². The molecule has 1 saturated heterocycles. The summed E-state index contributed by atoms with van der Waals surface area (Å²) < 4.78 is 32.1. The number of amides is 2. The van der Waals surface area contributed by atoms with Crippen LogP contribution in [0.4, 0.5) is 0 Å². The minimum absolute atomic E-state index is 0.0501. The first-order chi connectivity index (χ1) is 13.7. The van der Waals surface area contributed by atoms with Crippen molar-refractivity contribution in [3.63, 3.8) is 0 Å². The van der Waals surface area contributed by atoms with Crippen molar-refractivity contribution < 1.29 is 22.4 Å². The summed E-state index contributed by atoms with van der Waals surface area (Å²) in [6.07, 6.45) is 1.38. The molecule has 1 aromatic carbocycles. The van der Waals surface area contributed by atoms with Crippen LogP contribution >= 0.6 is 23.2 Å². The van der Waals surface area contributed by atoms with Gasteiger partial charge in [-0.05, 0) is 24.3 Å². The molecular weight excluding hydrogens is 441 g/mol. The minimum Gasteiger partial charge on any atom is -0.459 e. The molecule has 0 N–H and O–H groups in total. The molecule has 29 heavy (non-hydrogen) atoms. The molecule has 1 fully saturated rings. The smallest absolute Gasteiger partial charge is 0.289 e. The largest absolute Gasteiger partial charge is 0.459 e. The van der Waals surface area contributed by atoms with Crippen molar-refractivity contribution in [2.75, 3.05) is 39.8 Å².